The molecular weight excluding hydrogens is 340 g/mol. The van der Waals surface area contributed by atoms with Gasteiger partial charge in [0.2, 0.25) is 5.91 Å². The van der Waals surface area contributed by atoms with Gasteiger partial charge in [0, 0.05) is 0 Å². The molecule has 5 N–H and O–H groups in total. The van der Waals surface area contributed by atoms with Crippen molar-refractivity contribution in [2.24, 2.45) is 17.6 Å². The molecule has 2 rings (SSSR count). The summed E-state index contributed by atoms with van der Waals surface area (Å²) in [4.78, 5) is 12.6. The summed E-state index contributed by atoms with van der Waals surface area (Å²) < 4.78 is 0. The molecule has 27 heavy (non-hydrogen) atoms. The van der Waals surface area contributed by atoms with E-state index < -0.39 is 24.3 Å². The smallest absolute Gasteiger partial charge is 0.237 e. The van der Waals surface area contributed by atoms with Gasteiger partial charge in [0.25, 0.3) is 0 Å². The third kappa shape index (κ3) is 7.35. The fourth-order valence-corrected chi connectivity index (χ4v) is 4.90. The van der Waals surface area contributed by atoms with Gasteiger partial charge in [-0.3, -0.25) is 4.79 Å². The Hall–Kier alpha value is -0.650. The van der Waals surface area contributed by atoms with Crippen molar-refractivity contribution >= 4 is 5.91 Å². The van der Waals surface area contributed by atoms with Crippen LogP contribution in [0.5, 0.6) is 0 Å². The molecule has 158 valence electrons. The molecule has 0 spiro atoms. The molecule has 0 aromatic heterocycles. The van der Waals surface area contributed by atoms with Crippen LogP contribution in [0.3, 0.4) is 0 Å². The second-order valence-electron chi connectivity index (χ2n) is 8.98. The van der Waals surface area contributed by atoms with Gasteiger partial charge >= 0.3 is 0 Å². The fraction of sp³-hybridized carbons (Fsp3) is 0.955. The first kappa shape index (κ1) is 22.6. The molecule has 2 aliphatic rings. The van der Waals surface area contributed by atoms with Crippen molar-refractivity contribution < 1.29 is 15.0 Å². The van der Waals surface area contributed by atoms with E-state index in [1.54, 1.807) is 0 Å². The molecule has 0 heterocycles. The van der Waals surface area contributed by atoms with Crippen molar-refractivity contribution in [1.29, 1.82) is 0 Å². The maximum absolute atomic E-state index is 12.6. The number of nitrogens with two attached hydrogens (primary N) is 1. The number of aliphatic hydroxyl groups is 2. The Labute approximate surface area is 165 Å². The Bertz CT molecular complexity index is 420. The predicted octanol–water partition coefficient (Wildman–Crippen LogP) is 3.26. The third-order valence-electron chi connectivity index (χ3n) is 6.74. The van der Waals surface area contributed by atoms with E-state index in [0.717, 1.165) is 57.8 Å². The van der Waals surface area contributed by atoms with E-state index in [0.29, 0.717) is 12.3 Å². The van der Waals surface area contributed by atoms with Crippen LogP contribution >= 0.6 is 0 Å². The Morgan fingerprint density at radius 3 is 2.22 bits per heavy atom. The van der Waals surface area contributed by atoms with E-state index in [4.69, 9.17) is 5.73 Å². The van der Waals surface area contributed by atoms with Crippen molar-refractivity contribution in [2.45, 2.75) is 121 Å². The van der Waals surface area contributed by atoms with Crippen LogP contribution in [0.15, 0.2) is 0 Å². The van der Waals surface area contributed by atoms with Gasteiger partial charge in [-0.15, -0.1) is 0 Å². The predicted molar refractivity (Wildman–Crippen MR) is 109 cm³/mol. The zero-order valence-electron chi connectivity index (χ0n) is 17.2. The number of aliphatic hydroxyl groups excluding tert-OH is 2. The highest BCUT2D eigenvalue weighted by molar-refractivity contribution is 5.81. The van der Waals surface area contributed by atoms with Crippen molar-refractivity contribution in [3.05, 3.63) is 0 Å². The topological polar surface area (TPSA) is 95.6 Å². The highest BCUT2D eigenvalue weighted by Crippen LogP contribution is 2.32. The zero-order valence-corrected chi connectivity index (χ0v) is 17.2. The lowest BCUT2D eigenvalue weighted by Crippen LogP contribution is -2.54. The Kier molecular flexibility index (Phi) is 10.1. The van der Waals surface area contributed by atoms with Crippen LogP contribution in [0.2, 0.25) is 0 Å². The number of unbranched alkanes of at least 4 members (excludes halogenated alkanes) is 1. The molecular formula is C22H42N2O3. The number of nitrogens with one attached hydrogen (secondary N) is 1. The van der Waals surface area contributed by atoms with Gasteiger partial charge in [0.1, 0.15) is 6.10 Å². The minimum Gasteiger partial charge on any atom is -0.390 e. The molecule has 0 bridgehead atoms. The first-order chi connectivity index (χ1) is 13.0. The molecule has 0 aliphatic heterocycles. The molecule has 4 atom stereocenters. The fourth-order valence-electron chi connectivity index (χ4n) is 4.90. The SMILES string of the molecule is CCCC[C@H](N)C(=O)N[C@@H](CC1CCCCC1)[C@H](O)[C@H](O)C1CCCCC1. The molecule has 5 heteroatoms. The first-order valence-corrected chi connectivity index (χ1v) is 11.4. The molecule has 5 nitrogen and oxygen atoms in total. The monoisotopic (exact) mass is 382 g/mol. The Morgan fingerprint density at radius 2 is 1.63 bits per heavy atom. The third-order valence-corrected chi connectivity index (χ3v) is 6.74. The second kappa shape index (κ2) is 12.0. The summed E-state index contributed by atoms with van der Waals surface area (Å²) in [5.74, 6) is 0.483. The molecule has 0 aromatic rings. The molecule has 2 fully saturated rings. The van der Waals surface area contributed by atoms with E-state index in [1.807, 2.05) is 0 Å². The number of hydrogen-bond donors (Lipinski definition) is 4. The van der Waals surface area contributed by atoms with Crippen LogP contribution in [-0.4, -0.2) is 40.4 Å². The highest BCUT2D eigenvalue weighted by Gasteiger charge is 2.35. The van der Waals surface area contributed by atoms with E-state index in [1.165, 1.54) is 25.7 Å². The molecule has 2 aliphatic carbocycles. The lowest BCUT2D eigenvalue weighted by atomic mass is 9.78. The Balaban J connectivity index is 1.99. The van der Waals surface area contributed by atoms with E-state index >= 15 is 0 Å². The summed E-state index contributed by atoms with van der Waals surface area (Å²) in [6.07, 6.45) is 13.1. The number of hydrogen-bond acceptors (Lipinski definition) is 4. The van der Waals surface area contributed by atoms with Gasteiger partial charge in [-0.05, 0) is 37.5 Å². The Morgan fingerprint density at radius 1 is 1.04 bits per heavy atom. The van der Waals surface area contributed by atoms with Gasteiger partial charge in [-0.1, -0.05) is 71.1 Å². The van der Waals surface area contributed by atoms with Crippen LogP contribution in [0.25, 0.3) is 0 Å². The summed E-state index contributed by atoms with van der Waals surface area (Å²) in [6.45, 7) is 2.08. The van der Waals surface area contributed by atoms with Gasteiger partial charge in [0.15, 0.2) is 0 Å². The molecule has 0 radical (unpaired) electrons. The number of amides is 1. The molecule has 0 aromatic carbocycles. The standard InChI is InChI=1S/C22H42N2O3/c1-2-3-14-18(23)22(27)24-19(15-16-10-6-4-7-11-16)21(26)20(25)17-12-8-5-9-13-17/h16-21,25-26H,2-15,23H2,1H3,(H,24,27)/t18-,19-,20+,21-/m0/s1. The van der Waals surface area contributed by atoms with Crippen LogP contribution in [0.1, 0.15) is 96.8 Å². The van der Waals surface area contributed by atoms with E-state index in [9.17, 15) is 15.0 Å². The number of rotatable bonds is 10. The van der Waals surface area contributed by atoms with Crippen molar-refractivity contribution in [2.75, 3.05) is 0 Å². The largest absolute Gasteiger partial charge is 0.390 e. The average molecular weight is 383 g/mol. The summed E-state index contributed by atoms with van der Waals surface area (Å²) in [5, 5.41) is 24.8. The second-order valence-corrected chi connectivity index (χ2v) is 8.98. The van der Waals surface area contributed by atoms with Crippen LogP contribution in [-0.2, 0) is 4.79 Å². The highest BCUT2D eigenvalue weighted by atomic mass is 16.3. The van der Waals surface area contributed by atoms with Gasteiger partial charge < -0.3 is 21.3 Å². The van der Waals surface area contributed by atoms with Crippen LogP contribution < -0.4 is 11.1 Å². The minimum atomic E-state index is -0.905. The van der Waals surface area contributed by atoms with Gasteiger partial charge in [0.05, 0.1) is 18.2 Å². The maximum Gasteiger partial charge on any atom is 0.237 e. The first-order valence-electron chi connectivity index (χ1n) is 11.4. The summed E-state index contributed by atoms with van der Waals surface area (Å²) >= 11 is 0. The lowest BCUT2D eigenvalue weighted by Gasteiger charge is -2.36. The van der Waals surface area contributed by atoms with Crippen LogP contribution in [0.4, 0.5) is 0 Å². The van der Waals surface area contributed by atoms with Crippen molar-refractivity contribution in [3.63, 3.8) is 0 Å². The number of carbonyl (C=O) groups excluding carboxylic acids is 1. The molecule has 0 unspecified atom stereocenters. The quantitative estimate of drug-likeness (QED) is 0.466. The van der Waals surface area contributed by atoms with Gasteiger partial charge in [-0.25, -0.2) is 0 Å². The van der Waals surface area contributed by atoms with Crippen LogP contribution in [0, 0.1) is 11.8 Å². The lowest BCUT2D eigenvalue weighted by molar-refractivity contribution is -0.125. The van der Waals surface area contributed by atoms with Gasteiger partial charge in [-0.2, -0.15) is 0 Å². The van der Waals surface area contributed by atoms with Crippen molar-refractivity contribution in [1.82, 2.24) is 5.32 Å². The molecule has 1 amide bonds. The average Bonchev–Trinajstić information content (AvgIpc) is 2.71. The van der Waals surface area contributed by atoms with E-state index in [2.05, 4.69) is 12.2 Å². The number of carbonyl (C=O) groups is 1. The minimum absolute atomic E-state index is 0.147. The van der Waals surface area contributed by atoms with E-state index in [-0.39, 0.29) is 11.8 Å². The summed E-state index contributed by atoms with van der Waals surface area (Å²) in [5.41, 5.74) is 6.05. The normalized spacial score (nSPS) is 24.1. The van der Waals surface area contributed by atoms with Crippen molar-refractivity contribution in [3.8, 4) is 0 Å². The summed E-state index contributed by atoms with van der Waals surface area (Å²) in [6, 6.07) is -0.928. The maximum atomic E-state index is 12.6. The molecule has 0 saturated heterocycles. The summed E-state index contributed by atoms with van der Waals surface area (Å²) in [7, 11) is 0. The molecule has 2 saturated carbocycles. The zero-order chi connectivity index (χ0) is 19.6.